The normalized spacial score (nSPS) is 11.0. The number of hydrogen-bond donors (Lipinski definition) is 2. The SMILES string of the molecule is Cc1ccccc1OCCCC(=O)Nc1ccc(NS(C)(=O)=O)cc1. The minimum Gasteiger partial charge on any atom is -0.493 e. The maximum atomic E-state index is 11.9. The molecule has 2 N–H and O–H groups in total. The molecule has 2 aromatic carbocycles. The van der Waals surface area contributed by atoms with E-state index in [1.807, 2.05) is 31.2 Å². The molecule has 7 heteroatoms. The van der Waals surface area contributed by atoms with Crippen molar-refractivity contribution in [3.8, 4) is 5.75 Å². The molecule has 0 atom stereocenters. The largest absolute Gasteiger partial charge is 0.493 e. The monoisotopic (exact) mass is 362 g/mol. The van der Waals surface area contributed by atoms with Gasteiger partial charge >= 0.3 is 0 Å². The lowest BCUT2D eigenvalue weighted by Gasteiger charge is -2.09. The van der Waals surface area contributed by atoms with E-state index in [0.29, 0.717) is 30.8 Å². The molecule has 0 bridgehead atoms. The fourth-order valence-corrected chi connectivity index (χ4v) is 2.76. The Hall–Kier alpha value is -2.54. The van der Waals surface area contributed by atoms with Crippen LogP contribution in [0.2, 0.25) is 0 Å². The van der Waals surface area contributed by atoms with E-state index in [1.54, 1.807) is 24.3 Å². The Kier molecular flexibility index (Phi) is 6.41. The molecule has 0 heterocycles. The molecule has 25 heavy (non-hydrogen) atoms. The van der Waals surface area contributed by atoms with E-state index in [4.69, 9.17) is 4.74 Å². The van der Waals surface area contributed by atoms with Crippen LogP contribution in [0, 0.1) is 6.92 Å². The Morgan fingerprint density at radius 1 is 1.04 bits per heavy atom. The summed E-state index contributed by atoms with van der Waals surface area (Å²) in [5, 5.41) is 2.77. The molecule has 0 aliphatic heterocycles. The molecule has 2 rings (SSSR count). The van der Waals surface area contributed by atoms with Crippen molar-refractivity contribution in [2.75, 3.05) is 22.9 Å². The van der Waals surface area contributed by atoms with Gasteiger partial charge in [-0.15, -0.1) is 0 Å². The maximum Gasteiger partial charge on any atom is 0.229 e. The molecule has 0 aromatic heterocycles. The average molecular weight is 362 g/mol. The van der Waals surface area contributed by atoms with Crippen LogP contribution in [0.1, 0.15) is 18.4 Å². The highest BCUT2D eigenvalue weighted by atomic mass is 32.2. The van der Waals surface area contributed by atoms with Gasteiger partial charge < -0.3 is 10.1 Å². The summed E-state index contributed by atoms with van der Waals surface area (Å²) in [5.74, 6) is 0.717. The van der Waals surface area contributed by atoms with Crippen LogP contribution in [0.15, 0.2) is 48.5 Å². The van der Waals surface area contributed by atoms with E-state index >= 15 is 0 Å². The Balaban J connectivity index is 1.74. The first-order valence-corrected chi connectivity index (χ1v) is 9.79. The Bertz CT molecular complexity index is 817. The molecule has 134 valence electrons. The van der Waals surface area contributed by atoms with Gasteiger partial charge in [0.25, 0.3) is 0 Å². The summed E-state index contributed by atoms with van der Waals surface area (Å²) in [7, 11) is -3.31. The number of aryl methyl sites for hydroxylation is 1. The number of amides is 1. The van der Waals surface area contributed by atoms with Gasteiger partial charge in [0, 0.05) is 17.8 Å². The van der Waals surface area contributed by atoms with Crippen molar-refractivity contribution in [1.29, 1.82) is 0 Å². The van der Waals surface area contributed by atoms with Crippen molar-refractivity contribution in [1.82, 2.24) is 0 Å². The summed E-state index contributed by atoms with van der Waals surface area (Å²) in [6.45, 7) is 2.44. The molecule has 0 aliphatic rings. The van der Waals surface area contributed by atoms with Gasteiger partial charge in [-0.05, 0) is 49.2 Å². The number of para-hydroxylation sites is 1. The molecular formula is C18H22N2O4S. The van der Waals surface area contributed by atoms with Crippen molar-refractivity contribution >= 4 is 27.3 Å². The molecular weight excluding hydrogens is 340 g/mol. The zero-order chi connectivity index (χ0) is 18.3. The van der Waals surface area contributed by atoms with Crippen LogP contribution in [0.5, 0.6) is 5.75 Å². The fraction of sp³-hybridized carbons (Fsp3) is 0.278. The molecule has 0 fully saturated rings. The number of nitrogens with one attached hydrogen (secondary N) is 2. The topological polar surface area (TPSA) is 84.5 Å². The number of ether oxygens (including phenoxy) is 1. The molecule has 0 saturated carbocycles. The van der Waals surface area contributed by atoms with Crippen LogP contribution in [0.25, 0.3) is 0 Å². The third kappa shape index (κ3) is 6.84. The smallest absolute Gasteiger partial charge is 0.229 e. The second-order valence-electron chi connectivity index (χ2n) is 5.72. The summed E-state index contributed by atoms with van der Waals surface area (Å²) in [5.41, 5.74) is 2.13. The van der Waals surface area contributed by atoms with Crippen LogP contribution in [0.3, 0.4) is 0 Å². The lowest BCUT2D eigenvalue weighted by molar-refractivity contribution is -0.116. The summed E-state index contributed by atoms with van der Waals surface area (Å²) in [6.07, 6.45) is 2.03. The Morgan fingerprint density at radius 2 is 1.68 bits per heavy atom. The van der Waals surface area contributed by atoms with E-state index in [9.17, 15) is 13.2 Å². The van der Waals surface area contributed by atoms with Crippen LogP contribution in [0.4, 0.5) is 11.4 Å². The summed E-state index contributed by atoms with van der Waals surface area (Å²) in [6, 6.07) is 14.2. The van der Waals surface area contributed by atoms with Gasteiger partial charge in [-0.25, -0.2) is 8.42 Å². The van der Waals surface area contributed by atoms with Crippen LogP contribution in [-0.2, 0) is 14.8 Å². The third-order valence-corrected chi connectivity index (χ3v) is 3.98. The zero-order valence-electron chi connectivity index (χ0n) is 14.3. The third-order valence-electron chi connectivity index (χ3n) is 3.37. The van der Waals surface area contributed by atoms with E-state index in [0.717, 1.165) is 17.6 Å². The summed E-state index contributed by atoms with van der Waals surface area (Å²) in [4.78, 5) is 11.9. The van der Waals surface area contributed by atoms with Crippen molar-refractivity contribution in [3.63, 3.8) is 0 Å². The van der Waals surface area contributed by atoms with Crippen molar-refractivity contribution < 1.29 is 17.9 Å². The van der Waals surface area contributed by atoms with Gasteiger partial charge in [0.15, 0.2) is 0 Å². The summed E-state index contributed by atoms with van der Waals surface area (Å²) >= 11 is 0. The molecule has 1 amide bonds. The second kappa shape index (κ2) is 8.53. The first-order valence-electron chi connectivity index (χ1n) is 7.89. The minimum absolute atomic E-state index is 0.114. The number of carbonyl (C=O) groups excluding carboxylic acids is 1. The molecule has 6 nitrogen and oxygen atoms in total. The number of carbonyl (C=O) groups is 1. The quantitative estimate of drug-likeness (QED) is 0.707. The van der Waals surface area contributed by atoms with Crippen molar-refractivity contribution in [2.45, 2.75) is 19.8 Å². The first-order chi connectivity index (χ1) is 11.8. The van der Waals surface area contributed by atoms with Crippen LogP contribution in [-0.4, -0.2) is 27.2 Å². The molecule has 0 unspecified atom stereocenters. The van der Waals surface area contributed by atoms with Gasteiger partial charge in [0.2, 0.25) is 15.9 Å². The number of rotatable bonds is 8. The molecule has 0 radical (unpaired) electrons. The number of hydrogen-bond acceptors (Lipinski definition) is 4. The van der Waals surface area contributed by atoms with Gasteiger partial charge in [0.1, 0.15) is 5.75 Å². The Morgan fingerprint density at radius 3 is 2.32 bits per heavy atom. The second-order valence-corrected chi connectivity index (χ2v) is 7.47. The van der Waals surface area contributed by atoms with E-state index in [2.05, 4.69) is 10.0 Å². The van der Waals surface area contributed by atoms with Gasteiger partial charge in [-0.2, -0.15) is 0 Å². The predicted octanol–water partition coefficient (Wildman–Crippen LogP) is 3.16. The highest BCUT2D eigenvalue weighted by Gasteiger charge is 2.05. The van der Waals surface area contributed by atoms with Crippen molar-refractivity contribution in [3.05, 3.63) is 54.1 Å². The van der Waals surface area contributed by atoms with Gasteiger partial charge in [-0.3, -0.25) is 9.52 Å². The first kappa shape index (κ1) is 18.8. The fourth-order valence-electron chi connectivity index (χ4n) is 2.19. The van der Waals surface area contributed by atoms with Crippen LogP contribution < -0.4 is 14.8 Å². The van der Waals surface area contributed by atoms with Crippen LogP contribution >= 0.6 is 0 Å². The summed E-state index contributed by atoms with van der Waals surface area (Å²) < 4.78 is 30.3. The number of anilines is 2. The molecule has 2 aromatic rings. The zero-order valence-corrected chi connectivity index (χ0v) is 15.1. The number of sulfonamides is 1. The van der Waals surface area contributed by atoms with E-state index in [-0.39, 0.29) is 5.91 Å². The standard InChI is InChI=1S/C18H22N2O4S/c1-14-6-3-4-7-17(14)24-13-5-8-18(21)19-15-9-11-16(12-10-15)20-25(2,22)23/h3-4,6-7,9-12,20H,5,8,13H2,1-2H3,(H,19,21). The van der Waals surface area contributed by atoms with Gasteiger partial charge in [0.05, 0.1) is 12.9 Å². The lowest BCUT2D eigenvalue weighted by atomic mass is 10.2. The molecule has 0 spiro atoms. The van der Waals surface area contributed by atoms with Gasteiger partial charge in [-0.1, -0.05) is 18.2 Å². The Labute approximate surface area is 148 Å². The molecule has 0 saturated heterocycles. The molecule has 0 aliphatic carbocycles. The van der Waals surface area contributed by atoms with Crippen molar-refractivity contribution in [2.24, 2.45) is 0 Å². The highest BCUT2D eigenvalue weighted by molar-refractivity contribution is 7.92. The maximum absolute atomic E-state index is 11.9. The van der Waals surface area contributed by atoms with E-state index < -0.39 is 10.0 Å². The lowest BCUT2D eigenvalue weighted by Crippen LogP contribution is -2.13. The highest BCUT2D eigenvalue weighted by Crippen LogP contribution is 2.17. The van der Waals surface area contributed by atoms with E-state index in [1.165, 1.54) is 0 Å². The average Bonchev–Trinajstić information content (AvgIpc) is 2.54. The number of benzene rings is 2. The minimum atomic E-state index is -3.31. The predicted molar refractivity (Wildman–Crippen MR) is 99.4 cm³/mol.